The van der Waals surface area contributed by atoms with Crippen LogP contribution in [0.1, 0.15) is 5.56 Å². The number of fused-ring (bicyclic) bond motifs is 1. The first-order valence-corrected chi connectivity index (χ1v) is 7.55. The number of para-hydroxylation sites is 1. The van der Waals surface area contributed by atoms with Crippen LogP contribution in [0.15, 0.2) is 46.0 Å². The van der Waals surface area contributed by atoms with E-state index < -0.39 is 11.2 Å². The fraction of sp³-hybridized carbons (Fsp3) is 0.176. The molecule has 2 aromatic carbocycles. The molecule has 0 spiro atoms. The van der Waals surface area contributed by atoms with Gasteiger partial charge in [0, 0.05) is 11.6 Å². The van der Waals surface area contributed by atoms with Crippen molar-refractivity contribution < 1.29 is 9.47 Å². The van der Waals surface area contributed by atoms with Gasteiger partial charge in [0.15, 0.2) is 0 Å². The molecule has 0 amide bonds. The molecule has 0 saturated heterocycles. The molecule has 0 aliphatic heterocycles. The number of halogens is 1. The number of benzene rings is 2. The summed E-state index contributed by atoms with van der Waals surface area (Å²) in [5.74, 6) is 1.16. The van der Waals surface area contributed by atoms with Gasteiger partial charge in [-0.2, -0.15) is 0 Å². The van der Waals surface area contributed by atoms with Gasteiger partial charge in [-0.1, -0.05) is 17.7 Å². The second kappa shape index (κ2) is 6.41. The van der Waals surface area contributed by atoms with Crippen LogP contribution in [-0.2, 0) is 6.54 Å². The van der Waals surface area contributed by atoms with Crippen molar-refractivity contribution in [3.05, 3.63) is 67.8 Å². The quantitative estimate of drug-likeness (QED) is 0.787. The summed E-state index contributed by atoms with van der Waals surface area (Å²) in [6, 6.07) is 10.1. The SMILES string of the molecule is COc1ccc(Cn2c(=O)[nH]c3c(Cl)cccc3c2=O)c(OC)c1. The number of H-pyrrole nitrogens is 1. The van der Waals surface area contributed by atoms with Gasteiger partial charge in [0.05, 0.1) is 36.7 Å². The number of hydrogen-bond donors (Lipinski definition) is 1. The largest absolute Gasteiger partial charge is 0.497 e. The zero-order valence-corrected chi connectivity index (χ0v) is 13.9. The number of rotatable bonds is 4. The van der Waals surface area contributed by atoms with Gasteiger partial charge in [-0.3, -0.25) is 9.36 Å². The minimum absolute atomic E-state index is 0.0732. The van der Waals surface area contributed by atoms with Crippen molar-refractivity contribution in [2.24, 2.45) is 0 Å². The molecular formula is C17H15ClN2O4. The predicted molar refractivity (Wildman–Crippen MR) is 92.5 cm³/mol. The average molecular weight is 347 g/mol. The molecule has 0 fully saturated rings. The molecule has 0 unspecified atom stereocenters. The van der Waals surface area contributed by atoms with E-state index in [9.17, 15) is 9.59 Å². The summed E-state index contributed by atoms with van der Waals surface area (Å²) in [6.45, 7) is 0.0732. The topological polar surface area (TPSA) is 73.3 Å². The van der Waals surface area contributed by atoms with Crippen LogP contribution in [0.2, 0.25) is 5.02 Å². The molecule has 0 aliphatic rings. The molecule has 0 radical (unpaired) electrons. The van der Waals surface area contributed by atoms with Gasteiger partial charge in [0.1, 0.15) is 11.5 Å². The molecule has 3 rings (SSSR count). The summed E-state index contributed by atoms with van der Waals surface area (Å²) in [4.78, 5) is 27.6. The normalized spacial score (nSPS) is 10.8. The van der Waals surface area contributed by atoms with Crippen molar-refractivity contribution in [2.45, 2.75) is 6.54 Å². The van der Waals surface area contributed by atoms with Gasteiger partial charge < -0.3 is 14.5 Å². The average Bonchev–Trinajstić information content (AvgIpc) is 2.59. The minimum Gasteiger partial charge on any atom is -0.497 e. The molecule has 0 atom stereocenters. The van der Waals surface area contributed by atoms with Crippen molar-refractivity contribution in [3.8, 4) is 11.5 Å². The van der Waals surface area contributed by atoms with Crippen LogP contribution < -0.4 is 20.7 Å². The molecule has 1 N–H and O–H groups in total. The Hall–Kier alpha value is -2.73. The van der Waals surface area contributed by atoms with Gasteiger partial charge in [-0.05, 0) is 24.3 Å². The van der Waals surface area contributed by atoms with E-state index in [0.717, 1.165) is 4.57 Å². The summed E-state index contributed by atoms with van der Waals surface area (Å²) in [7, 11) is 3.07. The van der Waals surface area contributed by atoms with E-state index >= 15 is 0 Å². The number of aromatic amines is 1. The van der Waals surface area contributed by atoms with Crippen LogP contribution in [-0.4, -0.2) is 23.8 Å². The van der Waals surface area contributed by atoms with Gasteiger partial charge in [0.25, 0.3) is 5.56 Å². The number of aromatic nitrogens is 2. The Bertz CT molecular complexity index is 1020. The lowest BCUT2D eigenvalue weighted by Crippen LogP contribution is -2.35. The molecule has 0 bridgehead atoms. The second-order valence-corrected chi connectivity index (χ2v) is 5.57. The zero-order chi connectivity index (χ0) is 17.3. The molecule has 0 aliphatic carbocycles. The fourth-order valence-electron chi connectivity index (χ4n) is 2.54. The lowest BCUT2D eigenvalue weighted by Gasteiger charge is -2.12. The zero-order valence-electron chi connectivity index (χ0n) is 13.1. The van der Waals surface area contributed by atoms with Crippen molar-refractivity contribution in [1.29, 1.82) is 0 Å². The molecular weight excluding hydrogens is 332 g/mol. The van der Waals surface area contributed by atoms with Crippen molar-refractivity contribution in [1.82, 2.24) is 9.55 Å². The van der Waals surface area contributed by atoms with Gasteiger partial charge in [-0.15, -0.1) is 0 Å². The van der Waals surface area contributed by atoms with E-state index in [1.807, 2.05) is 0 Å². The van der Waals surface area contributed by atoms with Crippen LogP contribution in [0.3, 0.4) is 0 Å². The standard InChI is InChI=1S/C17H15ClN2O4/c1-23-11-7-6-10(14(8-11)24-2)9-20-16(21)12-4-3-5-13(18)15(12)19-17(20)22/h3-8H,9H2,1-2H3,(H,19,22). The summed E-state index contributed by atoms with van der Waals surface area (Å²) in [5.41, 5.74) is 0.0898. The van der Waals surface area contributed by atoms with Crippen LogP contribution >= 0.6 is 11.6 Å². The maximum Gasteiger partial charge on any atom is 0.329 e. The van der Waals surface area contributed by atoms with Crippen molar-refractivity contribution in [2.75, 3.05) is 14.2 Å². The highest BCUT2D eigenvalue weighted by Gasteiger charge is 2.12. The Morgan fingerprint density at radius 1 is 1.12 bits per heavy atom. The number of methoxy groups -OCH3 is 2. The maximum absolute atomic E-state index is 12.6. The Kier molecular flexibility index (Phi) is 4.31. The summed E-state index contributed by atoms with van der Waals surface area (Å²) < 4.78 is 11.6. The first kappa shape index (κ1) is 16.1. The molecule has 1 heterocycles. The van der Waals surface area contributed by atoms with Crippen LogP contribution in [0, 0.1) is 0 Å². The maximum atomic E-state index is 12.6. The number of nitrogens with zero attached hydrogens (tertiary/aromatic N) is 1. The summed E-state index contributed by atoms with van der Waals surface area (Å²) >= 11 is 6.04. The Morgan fingerprint density at radius 2 is 1.92 bits per heavy atom. The predicted octanol–water partition coefficient (Wildman–Crippen LogP) is 2.41. The summed E-state index contributed by atoms with van der Waals surface area (Å²) in [5, 5.41) is 0.686. The highest BCUT2D eigenvalue weighted by molar-refractivity contribution is 6.34. The third-order valence-corrected chi connectivity index (χ3v) is 4.10. The summed E-state index contributed by atoms with van der Waals surface area (Å²) in [6.07, 6.45) is 0. The monoisotopic (exact) mass is 346 g/mol. The number of hydrogen-bond acceptors (Lipinski definition) is 4. The van der Waals surface area contributed by atoms with E-state index in [0.29, 0.717) is 33.0 Å². The minimum atomic E-state index is -0.529. The van der Waals surface area contributed by atoms with Crippen LogP contribution in [0.4, 0.5) is 0 Å². The van der Waals surface area contributed by atoms with E-state index in [1.165, 1.54) is 7.11 Å². The first-order valence-electron chi connectivity index (χ1n) is 7.17. The smallest absolute Gasteiger partial charge is 0.329 e. The number of nitrogens with one attached hydrogen (secondary N) is 1. The molecule has 3 aromatic rings. The molecule has 1 aromatic heterocycles. The van der Waals surface area contributed by atoms with Gasteiger partial charge >= 0.3 is 5.69 Å². The second-order valence-electron chi connectivity index (χ2n) is 5.16. The van der Waals surface area contributed by atoms with E-state index in [-0.39, 0.29) is 6.54 Å². The van der Waals surface area contributed by atoms with E-state index in [1.54, 1.807) is 43.5 Å². The van der Waals surface area contributed by atoms with E-state index in [4.69, 9.17) is 21.1 Å². The highest BCUT2D eigenvalue weighted by Crippen LogP contribution is 2.25. The Morgan fingerprint density at radius 3 is 2.62 bits per heavy atom. The van der Waals surface area contributed by atoms with Gasteiger partial charge in [0.2, 0.25) is 0 Å². The third-order valence-electron chi connectivity index (χ3n) is 3.79. The third kappa shape index (κ3) is 2.76. The van der Waals surface area contributed by atoms with Crippen molar-refractivity contribution >= 4 is 22.5 Å². The molecule has 0 saturated carbocycles. The first-order chi connectivity index (χ1) is 11.5. The lowest BCUT2D eigenvalue weighted by molar-refractivity contribution is 0.390. The lowest BCUT2D eigenvalue weighted by atomic mass is 10.2. The molecule has 24 heavy (non-hydrogen) atoms. The molecule has 7 heteroatoms. The van der Waals surface area contributed by atoms with Gasteiger partial charge in [-0.25, -0.2) is 4.79 Å². The van der Waals surface area contributed by atoms with Crippen LogP contribution in [0.25, 0.3) is 10.9 Å². The van der Waals surface area contributed by atoms with Crippen molar-refractivity contribution in [3.63, 3.8) is 0 Å². The Balaban J connectivity index is 2.15. The highest BCUT2D eigenvalue weighted by atomic mass is 35.5. The fourth-order valence-corrected chi connectivity index (χ4v) is 2.76. The molecule has 6 nitrogen and oxygen atoms in total. The van der Waals surface area contributed by atoms with E-state index in [2.05, 4.69) is 4.98 Å². The Labute approximate surface area is 142 Å². The number of ether oxygens (including phenoxy) is 2. The van der Waals surface area contributed by atoms with Crippen LogP contribution in [0.5, 0.6) is 11.5 Å². The molecule has 124 valence electrons.